The topological polar surface area (TPSA) is 54.6 Å². The summed E-state index contributed by atoms with van der Waals surface area (Å²) in [5.74, 6) is 2.02. The number of hydrogen-bond acceptors (Lipinski definition) is 3. The number of rotatable bonds is 8. The van der Waals surface area contributed by atoms with Gasteiger partial charge in [0, 0.05) is 48.1 Å². The molecule has 1 unspecified atom stereocenters. The zero-order valence-corrected chi connectivity index (χ0v) is 21.1. The third-order valence-electron chi connectivity index (χ3n) is 7.52. The zero-order chi connectivity index (χ0) is 24.9. The highest BCUT2D eigenvalue weighted by Crippen LogP contribution is 2.42. The molecule has 1 aliphatic rings. The van der Waals surface area contributed by atoms with Crippen LogP contribution in [0.4, 0.5) is 0 Å². The van der Waals surface area contributed by atoms with Gasteiger partial charge in [-0.1, -0.05) is 60.7 Å². The highest BCUT2D eigenvalue weighted by atomic mass is 16.5. The number of aromatic amines is 1. The molecule has 1 N–H and O–H groups in total. The molecule has 1 aromatic heterocycles. The van der Waals surface area contributed by atoms with Gasteiger partial charge in [0.1, 0.15) is 0 Å². The number of aromatic nitrogens is 1. The van der Waals surface area contributed by atoms with E-state index in [-0.39, 0.29) is 11.8 Å². The molecule has 0 saturated carbocycles. The molecule has 186 valence electrons. The van der Waals surface area contributed by atoms with E-state index >= 15 is 0 Å². The number of ether oxygens (including phenoxy) is 2. The van der Waals surface area contributed by atoms with Crippen molar-refractivity contribution in [2.24, 2.45) is 5.92 Å². The minimum absolute atomic E-state index is 0.152. The lowest BCUT2D eigenvalue weighted by atomic mass is 9.86. The van der Waals surface area contributed by atoms with Gasteiger partial charge in [-0.25, -0.2) is 0 Å². The van der Waals surface area contributed by atoms with E-state index in [4.69, 9.17) is 9.47 Å². The second-order valence-corrected chi connectivity index (χ2v) is 9.64. The predicted octanol–water partition coefficient (Wildman–Crippen LogP) is 6.19. The third-order valence-corrected chi connectivity index (χ3v) is 7.52. The molecule has 4 aromatic rings. The molecule has 0 aliphatic carbocycles. The van der Waals surface area contributed by atoms with Gasteiger partial charge in [0.05, 0.1) is 14.2 Å². The number of likely N-dealkylation sites (tertiary alicyclic amines) is 1. The van der Waals surface area contributed by atoms with Crippen LogP contribution in [0.2, 0.25) is 0 Å². The van der Waals surface area contributed by atoms with Crippen molar-refractivity contribution in [2.45, 2.75) is 31.6 Å². The van der Waals surface area contributed by atoms with Gasteiger partial charge in [0.2, 0.25) is 5.91 Å². The number of methoxy groups -OCH3 is 2. The highest BCUT2D eigenvalue weighted by Gasteiger charge is 2.29. The molecule has 5 nitrogen and oxygen atoms in total. The molecule has 1 fully saturated rings. The summed E-state index contributed by atoms with van der Waals surface area (Å²) < 4.78 is 11.4. The fourth-order valence-electron chi connectivity index (χ4n) is 5.59. The lowest BCUT2D eigenvalue weighted by Crippen LogP contribution is -2.39. The molecule has 5 heteroatoms. The summed E-state index contributed by atoms with van der Waals surface area (Å²) in [6, 6.07) is 24.8. The number of fused-ring (bicyclic) bond motifs is 1. The first-order valence-corrected chi connectivity index (χ1v) is 12.8. The van der Waals surface area contributed by atoms with Crippen LogP contribution in [0.15, 0.2) is 79.0 Å². The predicted molar refractivity (Wildman–Crippen MR) is 144 cm³/mol. The van der Waals surface area contributed by atoms with Crippen LogP contribution in [0.5, 0.6) is 11.5 Å². The molecule has 2 heterocycles. The normalized spacial score (nSPS) is 15.1. The van der Waals surface area contributed by atoms with E-state index in [0.717, 1.165) is 54.4 Å². The molecule has 36 heavy (non-hydrogen) atoms. The van der Waals surface area contributed by atoms with E-state index in [1.54, 1.807) is 14.2 Å². The molecule has 0 spiro atoms. The van der Waals surface area contributed by atoms with Crippen LogP contribution in [0.3, 0.4) is 0 Å². The Labute approximate surface area is 213 Å². The molecule has 5 rings (SSSR count). The number of amides is 1. The van der Waals surface area contributed by atoms with E-state index in [1.165, 1.54) is 5.56 Å². The van der Waals surface area contributed by atoms with E-state index in [9.17, 15) is 4.79 Å². The number of nitrogens with zero attached hydrogens (tertiary/aromatic N) is 1. The van der Waals surface area contributed by atoms with E-state index in [2.05, 4.69) is 52.3 Å². The van der Waals surface area contributed by atoms with Crippen molar-refractivity contribution in [1.82, 2.24) is 9.88 Å². The number of hydrogen-bond donors (Lipinski definition) is 1. The molecular formula is C31H34N2O3. The van der Waals surface area contributed by atoms with Gasteiger partial charge in [-0.3, -0.25) is 4.79 Å². The summed E-state index contributed by atoms with van der Waals surface area (Å²) in [6.45, 7) is 1.62. The maximum Gasteiger partial charge on any atom is 0.223 e. The van der Waals surface area contributed by atoms with E-state index in [1.807, 2.05) is 36.5 Å². The van der Waals surface area contributed by atoms with Gasteiger partial charge in [-0.2, -0.15) is 0 Å². The minimum Gasteiger partial charge on any atom is -0.493 e. The van der Waals surface area contributed by atoms with Crippen LogP contribution in [-0.4, -0.2) is 43.1 Å². The number of benzene rings is 3. The van der Waals surface area contributed by atoms with Gasteiger partial charge >= 0.3 is 0 Å². The van der Waals surface area contributed by atoms with Crippen molar-refractivity contribution in [3.8, 4) is 11.5 Å². The summed E-state index contributed by atoms with van der Waals surface area (Å²) in [7, 11) is 3.31. The van der Waals surface area contributed by atoms with Crippen molar-refractivity contribution in [1.29, 1.82) is 0 Å². The van der Waals surface area contributed by atoms with Gasteiger partial charge in [-0.05, 0) is 48.4 Å². The average Bonchev–Trinajstić information content (AvgIpc) is 3.36. The molecule has 3 aromatic carbocycles. The Morgan fingerprint density at radius 2 is 1.67 bits per heavy atom. The highest BCUT2D eigenvalue weighted by molar-refractivity contribution is 5.86. The van der Waals surface area contributed by atoms with Gasteiger partial charge in [0.25, 0.3) is 0 Å². The smallest absolute Gasteiger partial charge is 0.223 e. The van der Waals surface area contributed by atoms with E-state index < -0.39 is 0 Å². The molecule has 1 aliphatic heterocycles. The Morgan fingerprint density at radius 3 is 2.42 bits per heavy atom. The number of H-pyrrole nitrogens is 1. The summed E-state index contributed by atoms with van der Waals surface area (Å²) in [4.78, 5) is 19.1. The molecular weight excluding hydrogens is 448 g/mol. The zero-order valence-electron chi connectivity index (χ0n) is 21.1. The van der Waals surface area contributed by atoms with Crippen LogP contribution < -0.4 is 9.47 Å². The summed E-state index contributed by atoms with van der Waals surface area (Å²) >= 11 is 0. The molecule has 1 atom stereocenters. The van der Waals surface area contributed by atoms with Crippen molar-refractivity contribution >= 4 is 16.8 Å². The fourth-order valence-corrected chi connectivity index (χ4v) is 5.59. The van der Waals surface area contributed by atoms with Crippen LogP contribution in [0.25, 0.3) is 10.9 Å². The standard InChI is InChI=1S/C31H34N2O3/c1-35-29-14-8-12-25(31(29)36-2)26(27-21-32-28-13-7-6-11-24(27)28)20-30(34)33-17-15-23(16-18-33)19-22-9-4-3-5-10-22/h3-14,21,23,26,32H,15-20H2,1-2H3. The second-order valence-electron chi connectivity index (χ2n) is 9.64. The number of piperidine rings is 1. The Bertz CT molecular complexity index is 1310. The quantitative estimate of drug-likeness (QED) is 0.326. The number of nitrogens with one attached hydrogen (secondary N) is 1. The third kappa shape index (κ3) is 4.97. The monoisotopic (exact) mass is 482 g/mol. The second kappa shape index (κ2) is 10.9. The average molecular weight is 483 g/mol. The fraction of sp³-hybridized carbons (Fsp3) is 0.323. The van der Waals surface area contributed by atoms with Crippen molar-refractivity contribution in [3.05, 3.63) is 95.7 Å². The van der Waals surface area contributed by atoms with Crippen molar-refractivity contribution in [2.75, 3.05) is 27.3 Å². The number of carbonyl (C=O) groups excluding carboxylic acids is 1. The van der Waals surface area contributed by atoms with Crippen molar-refractivity contribution in [3.63, 3.8) is 0 Å². The first-order valence-electron chi connectivity index (χ1n) is 12.8. The first kappa shape index (κ1) is 24.0. The maximum atomic E-state index is 13.7. The van der Waals surface area contributed by atoms with Crippen LogP contribution in [0.1, 0.15) is 41.9 Å². The van der Waals surface area contributed by atoms with Gasteiger partial charge in [0.15, 0.2) is 11.5 Å². The molecule has 0 bridgehead atoms. The summed E-state index contributed by atoms with van der Waals surface area (Å²) in [5, 5.41) is 1.13. The minimum atomic E-state index is -0.152. The Balaban J connectivity index is 1.38. The van der Waals surface area contributed by atoms with E-state index in [0.29, 0.717) is 23.8 Å². The van der Waals surface area contributed by atoms with Crippen molar-refractivity contribution < 1.29 is 14.3 Å². The largest absolute Gasteiger partial charge is 0.493 e. The first-order chi connectivity index (χ1) is 17.7. The van der Waals surface area contributed by atoms with Crippen LogP contribution in [0, 0.1) is 5.92 Å². The maximum absolute atomic E-state index is 13.7. The summed E-state index contributed by atoms with van der Waals surface area (Å²) in [6.07, 6.45) is 5.59. The van der Waals surface area contributed by atoms with Gasteiger partial charge in [-0.15, -0.1) is 0 Å². The Kier molecular flexibility index (Phi) is 7.26. The van der Waals surface area contributed by atoms with Gasteiger partial charge < -0.3 is 19.4 Å². The SMILES string of the molecule is COc1cccc(C(CC(=O)N2CCC(Cc3ccccc3)CC2)c2c[nH]c3ccccc23)c1OC. The molecule has 1 amide bonds. The lowest BCUT2D eigenvalue weighted by Gasteiger charge is -2.33. The number of carbonyl (C=O) groups is 1. The Morgan fingerprint density at radius 1 is 0.917 bits per heavy atom. The summed E-state index contributed by atoms with van der Waals surface area (Å²) in [5.41, 5.74) is 4.51. The Hall–Kier alpha value is -3.73. The van der Waals surface area contributed by atoms with Crippen LogP contribution >= 0.6 is 0 Å². The molecule has 1 saturated heterocycles. The lowest BCUT2D eigenvalue weighted by molar-refractivity contribution is -0.132. The molecule has 0 radical (unpaired) electrons. The van der Waals surface area contributed by atoms with Crippen LogP contribution in [-0.2, 0) is 11.2 Å². The number of para-hydroxylation sites is 2.